The number of nitrogens with zero attached hydrogens (tertiary/aromatic N) is 2. The van der Waals surface area contributed by atoms with Crippen LogP contribution in [-0.2, 0) is 20.3 Å². The Morgan fingerprint density at radius 3 is 2.20 bits per heavy atom. The van der Waals surface area contributed by atoms with Gasteiger partial charge in [-0.2, -0.15) is 5.10 Å². The van der Waals surface area contributed by atoms with E-state index in [9.17, 15) is 0 Å². The van der Waals surface area contributed by atoms with Crippen molar-refractivity contribution in [1.82, 2.24) is 9.78 Å². The van der Waals surface area contributed by atoms with Gasteiger partial charge < -0.3 is 13.7 Å². The van der Waals surface area contributed by atoms with E-state index in [1.807, 2.05) is 16.9 Å². The smallest absolute Gasteiger partial charge is 0.412 e. The molecule has 0 saturated carbocycles. The van der Waals surface area contributed by atoms with Gasteiger partial charge in [-0.05, 0) is 58.8 Å². The van der Waals surface area contributed by atoms with Crippen LogP contribution in [-0.4, -0.2) is 42.5 Å². The standard InChI is InChI=1S/C18H35BN2O3Si/c1-14(22-25(9,10)16(2,3)4)13-21-12-11-15(20-21)19-23-17(5,6)18(7,8)24-19/h11-12,14H,13H2,1-10H3/t14-/m1/s1. The van der Waals surface area contributed by atoms with Gasteiger partial charge in [0.15, 0.2) is 8.32 Å². The van der Waals surface area contributed by atoms with Crippen molar-refractivity contribution in [3.63, 3.8) is 0 Å². The fourth-order valence-corrected chi connectivity index (χ4v) is 3.98. The highest BCUT2D eigenvalue weighted by molar-refractivity contribution is 6.74. The molecular formula is C18H35BN2O3Si. The summed E-state index contributed by atoms with van der Waals surface area (Å²) in [6.45, 7) is 22.4. The zero-order valence-corrected chi connectivity index (χ0v) is 18.6. The van der Waals surface area contributed by atoms with Gasteiger partial charge in [0, 0.05) is 6.20 Å². The minimum atomic E-state index is -1.77. The second-order valence-electron chi connectivity index (χ2n) is 9.74. The van der Waals surface area contributed by atoms with E-state index in [-0.39, 0.29) is 22.3 Å². The number of hydrogen-bond acceptors (Lipinski definition) is 4. The van der Waals surface area contributed by atoms with Gasteiger partial charge in [0.1, 0.15) is 0 Å². The van der Waals surface area contributed by atoms with Gasteiger partial charge in [0.2, 0.25) is 0 Å². The van der Waals surface area contributed by atoms with Crippen LogP contribution in [0.15, 0.2) is 12.3 Å². The van der Waals surface area contributed by atoms with Gasteiger partial charge in [-0.25, -0.2) is 0 Å². The Kier molecular flexibility index (Phi) is 5.39. The van der Waals surface area contributed by atoms with Gasteiger partial charge >= 0.3 is 7.12 Å². The van der Waals surface area contributed by atoms with Crippen molar-refractivity contribution in [2.45, 2.75) is 97.4 Å². The first kappa shape index (κ1) is 20.7. The van der Waals surface area contributed by atoms with Gasteiger partial charge in [-0.1, -0.05) is 20.8 Å². The van der Waals surface area contributed by atoms with Crippen LogP contribution in [0.1, 0.15) is 55.4 Å². The van der Waals surface area contributed by atoms with E-state index in [2.05, 4.69) is 73.6 Å². The third-order valence-electron chi connectivity index (χ3n) is 5.90. The highest BCUT2D eigenvalue weighted by Gasteiger charge is 2.52. The van der Waals surface area contributed by atoms with Crippen molar-refractivity contribution in [2.75, 3.05) is 0 Å². The van der Waals surface area contributed by atoms with Crippen LogP contribution in [0.2, 0.25) is 18.1 Å². The largest absolute Gasteiger partial charge is 0.516 e. The molecule has 5 nitrogen and oxygen atoms in total. The average molecular weight is 366 g/mol. The zero-order chi connectivity index (χ0) is 19.3. The van der Waals surface area contributed by atoms with Crippen molar-refractivity contribution in [1.29, 1.82) is 0 Å². The topological polar surface area (TPSA) is 45.5 Å². The molecular weight excluding hydrogens is 331 g/mol. The van der Waals surface area contributed by atoms with Gasteiger partial charge in [-0.3, -0.25) is 4.68 Å². The highest BCUT2D eigenvalue weighted by atomic mass is 28.4. The maximum Gasteiger partial charge on any atom is 0.516 e. The molecule has 1 fully saturated rings. The Hall–Kier alpha value is -0.628. The molecule has 0 unspecified atom stereocenters. The van der Waals surface area contributed by atoms with E-state index in [0.717, 1.165) is 12.1 Å². The van der Waals surface area contributed by atoms with Gasteiger partial charge in [-0.15, -0.1) is 0 Å². The molecule has 0 amide bonds. The molecule has 1 saturated heterocycles. The Morgan fingerprint density at radius 1 is 1.20 bits per heavy atom. The van der Waals surface area contributed by atoms with Crippen molar-refractivity contribution in [3.8, 4) is 0 Å². The van der Waals surface area contributed by atoms with E-state index < -0.39 is 15.4 Å². The SMILES string of the molecule is C[C@H](Cn1ccc(B2OC(C)(C)C(C)(C)O2)n1)O[Si](C)(C)C(C)(C)C. The summed E-state index contributed by atoms with van der Waals surface area (Å²) in [5, 5.41) is 4.87. The summed E-state index contributed by atoms with van der Waals surface area (Å²) >= 11 is 0. The van der Waals surface area contributed by atoms with Crippen molar-refractivity contribution >= 4 is 21.0 Å². The van der Waals surface area contributed by atoms with Crippen LogP contribution in [0.3, 0.4) is 0 Å². The average Bonchev–Trinajstić information content (AvgIpc) is 2.90. The first-order chi connectivity index (χ1) is 11.1. The summed E-state index contributed by atoms with van der Waals surface area (Å²) in [6, 6.07) is 1.97. The normalized spacial score (nSPS) is 21.6. The number of rotatable bonds is 5. The monoisotopic (exact) mass is 366 g/mol. The molecule has 0 radical (unpaired) electrons. The van der Waals surface area contributed by atoms with Crippen LogP contribution in [0.25, 0.3) is 0 Å². The third kappa shape index (κ3) is 4.38. The van der Waals surface area contributed by atoms with E-state index in [1.54, 1.807) is 0 Å². The van der Waals surface area contributed by atoms with Crippen molar-refractivity contribution < 1.29 is 13.7 Å². The summed E-state index contributed by atoms with van der Waals surface area (Å²) in [5.41, 5.74) is 0.124. The molecule has 0 spiro atoms. The molecule has 0 aromatic carbocycles. The fraction of sp³-hybridized carbons (Fsp3) is 0.833. The molecule has 0 bridgehead atoms. The van der Waals surface area contributed by atoms with Crippen LogP contribution in [0, 0.1) is 0 Å². The van der Waals surface area contributed by atoms with Gasteiger partial charge in [0.05, 0.1) is 29.4 Å². The lowest BCUT2D eigenvalue weighted by Gasteiger charge is -2.38. The predicted octanol–water partition coefficient (Wildman–Crippen LogP) is 3.59. The summed E-state index contributed by atoms with van der Waals surface area (Å²) in [5.74, 6) is 0. The number of aromatic nitrogens is 2. The number of hydrogen-bond donors (Lipinski definition) is 0. The summed E-state index contributed by atoms with van der Waals surface area (Å²) in [6.07, 6.45) is 2.10. The first-order valence-electron chi connectivity index (χ1n) is 9.21. The van der Waals surface area contributed by atoms with E-state index in [0.29, 0.717) is 0 Å². The molecule has 1 aliphatic heterocycles. The van der Waals surface area contributed by atoms with E-state index in [1.165, 1.54) is 0 Å². The van der Waals surface area contributed by atoms with Crippen LogP contribution in [0.5, 0.6) is 0 Å². The highest BCUT2D eigenvalue weighted by Crippen LogP contribution is 2.38. The first-order valence-corrected chi connectivity index (χ1v) is 12.1. The molecule has 7 heteroatoms. The quantitative estimate of drug-likeness (QED) is 0.747. The molecule has 2 rings (SSSR count). The third-order valence-corrected chi connectivity index (χ3v) is 10.5. The molecule has 142 valence electrons. The molecule has 1 aromatic heterocycles. The zero-order valence-electron chi connectivity index (χ0n) is 17.6. The summed E-state index contributed by atoms with van der Waals surface area (Å²) in [7, 11) is -2.18. The second kappa shape index (κ2) is 6.52. The van der Waals surface area contributed by atoms with Gasteiger partial charge in [0.25, 0.3) is 0 Å². The lowest BCUT2D eigenvalue weighted by Crippen LogP contribution is -2.44. The second-order valence-corrected chi connectivity index (χ2v) is 14.5. The minimum Gasteiger partial charge on any atom is -0.412 e. The molecule has 1 aliphatic rings. The van der Waals surface area contributed by atoms with Crippen LogP contribution >= 0.6 is 0 Å². The summed E-state index contributed by atoms with van der Waals surface area (Å²) in [4.78, 5) is 0. The predicted molar refractivity (Wildman–Crippen MR) is 106 cm³/mol. The van der Waals surface area contributed by atoms with E-state index >= 15 is 0 Å². The maximum absolute atomic E-state index is 6.42. The Bertz CT molecular complexity index is 592. The summed E-state index contributed by atoms with van der Waals surface area (Å²) < 4.78 is 20.5. The lowest BCUT2D eigenvalue weighted by molar-refractivity contribution is 0.00578. The maximum atomic E-state index is 6.42. The molecule has 1 atom stereocenters. The van der Waals surface area contributed by atoms with Crippen LogP contribution < -0.4 is 5.59 Å². The van der Waals surface area contributed by atoms with E-state index in [4.69, 9.17) is 13.7 Å². The molecule has 0 N–H and O–H groups in total. The van der Waals surface area contributed by atoms with Crippen molar-refractivity contribution in [3.05, 3.63) is 12.3 Å². The van der Waals surface area contributed by atoms with Crippen molar-refractivity contribution in [2.24, 2.45) is 0 Å². The molecule has 2 heterocycles. The molecule has 1 aromatic rings. The lowest BCUT2D eigenvalue weighted by atomic mass is 9.85. The molecule has 25 heavy (non-hydrogen) atoms. The minimum absolute atomic E-state index is 0.118. The van der Waals surface area contributed by atoms with Crippen LogP contribution in [0.4, 0.5) is 0 Å². The fourth-order valence-electron chi connectivity index (χ4n) is 2.55. The molecule has 0 aliphatic carbocycles. The Labute approximate surface area is 154 Å². The Morgan fingerprint density at radius 2 is 1.72 bits per heavy atom. The Balaban J connectivity index is 2.01.